The minimum Gasteiger partial charge on any atom is -0.480 e. The summed E-state index contributed by atoms with van der Waals surface area (Å²) in [5.41, 5.74) is 6.67. The van der Waals surface area contributed by atoms with E-state index in [9.17, 15) is 24.2 Å². The number of aliphatic carboxylic acids is 1. The molecule has 0 spiro atoms. The fourth-order valence-electron chi connectivity index (χ4n) is 3.70. The quantitative estimate of drug-likeness (QED) is 0.300. The summed E-state index contributed by atoms with van der Waals surface area (Å²) < 4.78 is 18.0. The van der Waals surface area contributed by atoms with Crippen LogP contribution >= 0.6 is 7.60 Å². The Labute approximate surface area is 183 Å². The molecule has 10 heteroatoms. The average Bonchev–Trinajstić information content (AvgIpc) is 3.21. The molecule has 1 heterocycles. The summed E-state index contributed by atoms with van der Waals surface area (Å²) in [6.07, 6.45) is 3.30. The van der Waals surface area contributed by atoms with E-state index < -0.39 is 31.6 Å². The number of likely N-dealkylation sites (tertiary alicyclic amines) is 1. The second kappa shape index (κ2) is 13.6. The molecule has 1 amide bonds. The minimum atomic E-state index is -3.98. The van der Waals surface area contributed by atoms with E-state index in [1.54, 1.807) is 0 Å². The zero-order valence-electron chi connectivity index (χ0n) is 17.8. The Morgan fingerprint density at radius 3 is 2.55 bits per heavy atom. The summed E-state index contributed by atoms with van der Waals surface area (Å²) in [7, 11) is -3.98. The number of benzene rings is 1. The normalized spacial score (nSPS) is 18.8. The fraction of sp³-hybridized carbons (Fsp3) is 0.619. The Morgan fingerprint density at radius 2 is 1.90 bits per heavy atom. The van der Waals surface area contributed by atoms with Gasteiger partial charge in [0.1, 0.15) is 12.1 Å². The zero-order chi connectivity index (χ0) is 22.0. The van der Waals surface area contributed by atoms with Gasteiger partial charge >= 0.3 is 13.6 Å². The lowest BCUT2D eigenvalue weighted by molar-refractivity contribution is -0.151. The molecular weight excluding hydrogens is 423 g/mol. The van der Waals surface area contributed by atoms with E-state index in [0.29, 0.717) is 45.2 Å². The van der Waals surface area contributed by atoms with Crippen LogP contribution in [0, 0.1) is 0 Å². The molecule has 1 saturated heterocycles. The molecule has 176 valence electrons. The van der Waals surface area contributed by atoms with Crippen molar-refractivity contribution in [2.75, 3.05) is 19.3 Å². The Hall–Kier alpha value is -1.77. The first-order valence-corrected chi connectivity index (χ1v) is 12.4. The number of carbonyl (C=O) groups is 2. The second-order valence-electron chi connectivity index (χ2n) is 7.71. The van der Waals surface area contributed by atoms with Crippen LogP contribution < -0.4 is 5.73 Å². The van der Waals surface area contributed by atoms with Gasteiger partial charge in [0.15, 0.2) is 0 Å². The van der Waals surface area contributed by atoms with Gasteiger partial charge in [0, 0.05) is 6.54 Å². The monoisotopic (exact) mass is 458 g/mol. The average molecular weight is 458 g/mol. The summed E-state index contributed by atoms with van der Waals surface area (Å²) in [5.74, 6) is -1.58. The van der Waals surface area contributed by atoms with Crippen LogP contribution in [0.1, 0.15) is 50.5 Å². The molecule has 1 aliphatic rings. The van der Waals surface area contributed by atoms with Crippen molar-refractivity contribution in [2.24, 2.45) is 5.73 Å². The van der Waals surface area contributed by atoms with Gasteiger partial charge in [-0.2, -0.15) is 0 Å². The molecule has 1 fully saturated rings. The first kappa shape index (κ1) is 27.3. The highest BCUT2D eigenvalue weighted by Crippen LogP contribution is 2.45. The minimum absolute atomic E-state index is 0. The highest BCUT2D eigenvalue weighted by atomic mass is 31.2. The summed E-state index contributed by atoms with van der Waals surface area (Å²) in [6, 6.07) is 8.97. The van der Waals surface area contributed by atoms with Gasteiger partial charge in [-0.25, -0.2) is 4.79 Å². The molecule has 0 aliphatic carbocycles. The Bertz CT molecular complexity index is 732. The molecular formula is C21H35N2O7P. The first-order valence-electron chi connectivity index (χ1n) is 10.6. The third kappa shape index (κ3) is 9.09. The van der Waals surface area contributed by atoms with Crippen molar-refractivity contribution in [3.63, 3.8) is 0 Å². The molecule has 1 unspecified atom stereocenters. The predicted octanol–water partition coefficient (Wildman–Crippen LogP) is 1.96. The summed E-state index contributed by atoms with van der Waals surface area (Å²) in [4.78, 5) is 35.9. The standard InChI is InChI=1S/C21H33N2O6P.H2O/c22-14-6-4-13-19(20(24)23-15-8-12-18(23)21(25)26)29-30(27,28)16-7-5-11-17-9-2-1-3-10-17;/h1-3,9-10,18-19H,4-8,11-16,22H2,(H,25,26)(H,27,28);1H2/t18-,19-;/m0./s1. The molecule has 6 N–H and O–H groups in total. The zero-order valence-corrected chi connectivity index (χ0v) is 18.7. The second-order valence-corrected chi connectivity index (χ2v) is 9.64. The number of hydrogen-bond acceptors (Lipinski definition) is 5. The van der Waals surface area contributed by atoms with Gasteiger partial charge in [-0.05, 0) is 63.5 Å². The number of hydrogen-bond donors (Lipinski definition) is 3. The largest absolute Gasteiger partial charge is 0.480 e. The van der Waals surface area contributed by atoms with E-state index in [4.69, 9.17) is 10.3 Å². The van der Waals surface area contributed by atoms with Crippen LogP contribution in [0.25, 0.3) is 0 Å². The number of carbonyl (C=O) groups excluding carboxylic acids is 1. The van der Waals surface area contributed by atoms with Gasteiger partial charge in [0.05, 0.1) is 6.16 Å². The maximum Gasteiger partial charge on any atom is 0.328 e. The third-order valence-electron chi connectivity index (χ3n) is 5.31. The molecule has 0 bridgehead atoms. The van der Waals surface area contributed by atoms with Crippen LogP contribution in [0.4, 0.5) is 0 Å². The highest BCUT2D eigenvalue weighted by molar-refractivity contribution is 7.52. The maximum atomic E-state index is 12.9. The Morgan fingerprint density at radius 1 is 1.19 bits per heavy atom. The Kier molecular flexibility index (Phi) is 12.0. The maximum absolute atomic E-state index is 12.9. The van der Waals surface area contributed by atoms with E-state index in [0.717, 1.165) is 18.4 Å². The van der Waals surface area contributed by atoms with Crippen LogP contribution in [-0.2, 0) is 25.1 Å². The lowest BCUT2D eigenvalue weighted by Crippen LogP contribution is -2.46. The number of rotatable bonds is 13. The van der Waals surface area contributed by atoms with Crippen molar-refractivity contribution in [1.82, 2.24) is 4.90 Å². The fourth-order valence-corrected chi connectivity index (χ4v) is 5.03. The van der Waals surface area contributed by atoms with Crippen molar-refractivity contribution in [3.8, 4) is 0 Å². The molecule has 9 nitrogen and oxygen atoms in total. The van der Waals surface area contributed by atoms with Gasteiger partial charge in [-0.15, -0.1) is 0 Å². The van der Waals surface area contributed by atoms with E-state index in [2.05, 4.69) is 0 Å². The number of aryl methyl sites for hydroxylation is 1. The van der Waals surface area contributed by atoms with E-state index in [1.165, 1.54) is 4.90 Å². The summed E-state index contributed by atoms with van der Waals surface area (Å²) in [6.45, 7) is 0.762. The van der Waals surface area contributed by atoms with Crippen LogP contribution in [0.3, 0.4) is 0 Å². The van der Waals surface area contributed by atoms with Crippen molar-refractivity contribution in [1.29, 1.82) is 0 Å². The van der Waals surface area contributed by atoms with Crippen LogP contribution in [0.2, 0.25) is 0 Å². The van der Waals surface area contributed by atoms with E-state index in [1.807, 2.05) is 30.3 Å². The molecule has 1 aromatic carbocycles. The number of amides is 1. The lowest BCUT2D eigenvalue weighted by Gasteiger charge is -2.28. The van der Waals surface area contributed by atoms with Gasteiger partial charge in [-0.3, -0.25) is 13.9 Å². The lowest BCUT2D eigenvalue weighted by atomic mass is 10.1. The molecule has 0 radical (unpaired) electrons. The SMILES string of the molecule is NCCCC[C@H](OP(=O)(O)CCCCc1ccccc1)C(=O)N1CCC[C@H]1C(=O)O.O. The van der Waals surface area contributed by atoms with E-state index in [-0.39, 0.29) is 18.1 Å². The van der Waals surface area contributed by atoms with Crippen molar-refractivity contribution >= 4 is 19.5 Å². The van der Waals surface area contributed by atoms with Crippen LogP contribution in [0.15, 0.2) is 30.3 Å². The molecule has 3 atom stereocenters. The smallest absolute Gasteiger partial charge is 0.328 e. The molecule has 1 aliphatic heterocycles. The first-order chi connectivity index (χ1) is 14.3. The number of nitrogens with two attached hydrogens (primary N) is 1. The number of nitrogens with zero attached hydrogens (tertiary/aromatic N) is 1. The van der Waals surface area contributed by atoms with Gasteiger partial charge < -0.3 is 26.1 Å². The van der Waals surface area contributed by atoms with Crippen molar-refractivity contribution in [3.05, 3.63) is 35.9 Å². The van der Waals surface area contributed by atoms with Gasteiger partial charge in [0.2, 0.25) is 0 Å². The number of unbranched alkanes of at least 4 members (excludes halogenated alkanes) is 2. The summed E-state index contributed by atoms with van der Waals surface area (Å²) >= 11 is 0. The van der Waals surface area contributed by atoms with Crippen molar-refractivity contribution < 1.29 is 34.2 Å². The summed E-state index contributed by atoms with van der Waals surface area (Å²) in [5, 5.41) is 9.34. The molecule has 31 heavy (non-hydrogen) atoms. The molecule has 0 aromatic heterocycles. The molecule has 1 aromatic rings. The van der Waals surface area contributed by atoms with Crippen LogP contribution in [0.5, 0.6) is 0 Å². The number of carboxylic acids is 1. The topological polar surface area (TPSA) is 162 Å². The highest BCUT2D eigenvalue weighted by Gasteiger charge is 2.39. The predicted molar refractivity (Wildman–Crippen MR) is 118 cm³/mol. The molecule has 0 saturated carbocycles. The van der Waals surface area contributed by atoms with Gasteiger partial charge in [-0.1, -0.05) is 30.3 Å². The van der Waals surface area contributed by atoms with Gasteiger partial charge in [0.25, 0.3) is 5.91 Å². The van der Waals surface area contributed by atoms with E-state index >= 15 is 0 Å². The van der Waals surface area contributed by atoms with Crippen molar-refractivity contribution in [2.45, 2.75) is 63.5 Å². The third-order valence-corrected chi connectivity index (χ3v) is 6.77. The molecule has 2 rings (SSSR count). The van der Waals surface area contributed by atoms with Crippen LogP contribution in [-0.4, -0.2) is 63.6 Å². The number of carboxylic acid groups (broad SMARTS) is 1. The Balaban J connectivity index is 0.00000480.